The maximum Gasteiger partial charge on any atom is 0.248 e. The molecule has 1 heterocycles. The molecule has 1 amide bonds. The Balaban J connectivity index is 1.72. The molecule has 1 aliphatic heterocycles. The fourth-order valence-electron chi connectivity index (χ4n) is 4.53. The van der Waals surface area contributed by atoms with Gasteiger partial charge < -0.3 is 10.4 Å². The van der Waals surface area contributed by atoms with Crippen LogP contribution in [0.2, 0.25) is 0 Å². The van der Waals surface area contributed by atoms with Crippen LogP contribution in [0.4, 0.5) is 10.1 Å². The van der Waals surface area contributed by atoms with E-state index in [-0.39, 0.29) is 23.4 Å². The molecule has 0 aliphatic carbocycles. The largest absolute Gasteiger partial charge is 0.508 e. The number of carbonyl (C=O) groups excluding carboxylic acids is 1. The van der Waals surface area contributed by atoms with Crippen molar-refractivity contribution >= 4 is 17.3 Å². The van der Waals surface area contributed by atoms with Gasteiger partial charge >= 0.3 is 0 Å². The number of amides is 1. The molecule has 0 radical (unpaired) electrons. The summed E-state index contributed by atoms with van der Waals surface area (Å²) < 4.78 is 13.7. The number of hydrogen-bond donors (Lipinski definition) is 2. The van der Waals surface area contributed by atoms with Gasteiger partial charge in [0.2, 0.25) is 5.91 Å². The molecule has 4 rings (SSSR count). The highest BCUT2D eigenvalue weighted by molar-refractivity contribution is 6.10. The molecule has 176 valence electrons. The van der Waals surface area contributed by atoms with E-state index in [1.807, 2.05) is 42.3 Å². The van der Waals surface area contributed by atoms with Crippen molar-refractivity contribution in [2.24, 2.45) is 11.0 Å². The molecule has 0 saturated carbocycles. The Labute approximate surface area is 199 Å². The predicted molar refractivity (Wildman–Crippen MR) is 133 cm³/mol. The van der Waals surface area contributed by atoms with Crippen molar-refractivity contribution < 1.29 is 14.3 Å². The number of benzene rings is 3. The number of unbranched alkanes of at least 4 members (excludes halogenated alkanes) is 1. The van der Waals surface area contributed by atoms with Crippen molar-refractivity contribution in [3.05, 3.63) is 95.8 Å². The molecule has 2 atom stereocenters. The van der Waals surface area contributed by atoms with Crippen molar-refractivity contribution in [1.29, 1.82) is 0 Å². The summed E-state index contributed by atoms with van der Waals surface area (Å²) in [6.07, 6.45) is 2.71. The van der Waals surface area contributed by atoms with Crippen LogP contribution in [0.15, 0.2) is 84.0 Å². The fraction of sp³-hybridized carbons (Fsp3) is 0.286. The average molecular weight is 460 g/mol. The van der Waals surface area contributed by atoms with E-state index in [0.717, 1.165) is 41.8 Å². The smallest absolute Gasteiger partial charge is 0.248 e. The van der Waals surface area contributed by atoms with Gasteiger partial charge in [0.25, 0.3) is 0 Å². The first-order chi connectivity index (χ1) is 16.4. The van der Waals surface area contributed by atoms with Gasteiger partial charge in [0, 0.05) is 12.5 Å². The quantitative estimate of drug-likeness (QED) is 0.458. The molecule has 3 aromatic rings. The Hall–Kier alpha value is -3.67. The third kappa shape index (κ3) is 4.67. The number of para-hydroxylation sites is 1. The molecule has 2 N–H and O–H groups in total. The first-order valence-corrected chi connectivity index (χ1v) is 11.7. The van der Waals surface area contributed by atoms with Gasteiger partial charge in [0.15, 0.2) is 0 Å². The molecule has 0 fully saturated rings. The number of phenols is 1. The van der Waals surface area contributed by atoms with Gasteiger partial charge in [0.05, 0.1) is 11.4 Å². The standard InChI is InChI=1S/C28H30FN3O2/c1-3-4-10-25-26(21-13-15-22(29)16-14-21)31-32(23-8-6-5-7-9-23)28(25,2)27(34)30-19-20-11-17-24(33)18-12-20/h5-9,11-18,25,33H,3-4,10,19H2,1-2H3,(H,30,34). The van der Waals surface area contributed by atoms with Gasteiger partial charge in [0.1, 0.15) is 17.1 Å². The average Bonchev–Trinajstić information content (AvgIpc) is 3.16. The SMILES string of the molecule is CCCCC1C(c2ccc(F)cc2)=NN(c2ccccc2)C1(C)C(=O)NCc1ccc(O)cc1. The highest BCUT2D eigenvalue weighted by atomic mass is 19.1. The number of hydrogen-bond acceptors (Lipinski definition) is 4. The van der Waals surface area contributed by atoms with E-state index >= 15 is 0 Å². The number of nitrogens with one attached hydrogen (secondary N) is 1. The molecule has 0 aromatic heterocycles. The molecule has 5 nitrogen and oxygen atoms in total. The zero-order chi connectivity index (χ0) is 24.1. The summed E-state index contributed by atoms with van der Waals surface area (Å²) in [6, 6.07) is 22.8. The van der Waals surface area contributed by atoms with Crippen LogP contribution in [0.25, 0.3) is 0 Å². The van der Waals surface area contributed by atoms with Crippen LogP contribution in [-0.4, -0.2) is 22.3 Å². The lowest BCUT2D eigenvalue weighted by molar-refractivity contribution is -0.127. The summed E-state index contributed by atoms with van der Waals surface area (Å²) in [7, 11) is 0. The molecule has 34 heavy (non-hydrogen) atoms. The number of rotatable bonds is 8. The van der Waals surface area contributed by atoms with E-state index < -0.39 is 5.54 Å². The fourth-order valence-corrected chi connectivity index (χ4v) is 4.53. The van der Waals surface area contributed by atoms with Gasteiger partial charge in [-0.2, -0.15) is 5.10 Å². The highest BCUT2D eigenvalue weighted by Gasteiger charge is 2.53. The zero-order valence-electron chi connectivity index (χ0n) is 19.5. The molecule has 6 heteroatoms. The first kappa shape index (κ1) is 23.5. The summed E-state index contributed by atoms with van der Waals surface area (Å²) >= 11 is 0. The van der Waals surface area contributed by atoms with E-state index in [4.69, 9.17) is 5.10 Å². The second-order valence-electron chi connectivity index (χ2n) is 8.83. The number of phenolic OH excluding ortho intramolecular Hbond substituents is 1. The Morgan fingerprint density at radius 2 is 1.74 bits per heavy atom. The minimum absolute atomic E-state index is 0.133. The minimum atomic E-state index is -0.975. The number of anilines is 1. The maximum atomic E-state index is 13.9. The second kappa shape index (κ2) is 10.1. The zero-order valence-corrected chi connectivity index (χ0v) is 19.5. The van der Waals surface area contributed by atoms with E-state index in [9.17, 15) is 14.3 Å². The summed E-state index contributed by atoms with van der Waals surface area (Å²) in [4.78, 5) is 13.9. The van der Waals surface area contributed by atoms with Crippen LogP contribution in [0.1, 0.15) is 44.2 Å². The van der Waals surface area contributed by atoms with E-state index in [0.29, 0.717) is 6.54 Å². The Morgan fingerprint density at radius 3 is 2.38 bits per heavy atom. The molecule has 0 spiro atoms. The second-order valence-corrected chi connectivity index (χ2v) is 8.83. The van der Waals surface area contributed by atoms with Crippen LogP contribution in [0.3, 0.4) is 0 Å². The Kier molecular flexibility index (Phi) is 6.96. The highest BCUT2D eigenvalue weighted by Crippen LogP contribution is 2.41. The Bertz CT molecular complexity index is 1150. The third-order valence-electron chi connectivity index (χ3n) is 6.49. The number of nitrogens with zero attached hydrogens (tertiary/aromatic N) is 2. The van der Waals surface area contributed by atoms with Gasteiger partial charge in [-0.15, -0.1) is 0 Å². The van der Waals surface area contributed by atoms with Gasteiger partial charge in [-0.1, -0.05) is 62.2 Å². The third-order valence-corrected chi connectivity index (χ3v) is 6.49. The summed E-state index contributed by atoms with van der Waals surface area (Å²) in [5, 5.41) is 19.4. The van der Waals surface area contributed by atoms with Crippen molar-refractivity contribution in [2.45, 2.75) is 45.2 Å². The van der Waals surface area contributed by atoms with Gasteiger partial charge in [-0.05, 0) is 60.9 Å². The minimum Gasteiger partial charge on any atom is -0.508 e. The molecule has 0 bridgehead atoms. The molecular formula is C28H30FN3O2. The van der Waals surface area contributed by atoms with E-state index in [1.54, 1.807) is 36.4 Å². The summed E-state index contributed by atoms with van der Waals surface area (Å²) in [5.41, 5.74) is 2.35. The lowest BCUT2D eigenvalue weighted by Crippen LogP contribution is -2.57. The summed E-state index contributed by atoms with van der Waals surface area (Å²) in [5.74, 6) is -0.434. The Morgan fingerprint density at radius 1 is 1.06 bits per heavy atom. The number of aromatic hydroxyl groups is 1. The van der Waals surface area contributed by atoms with Crippen LogP contribution in [0, 0.1) is 11.7 Å². The van der Waals surface area contributed by atoms with Crippen LogP contribution in [-0.2, 0) is 11.3 Å². The van der Waals surface area contributed by atoms with Crippen molar-refractivity contribution in [1.82, 2.24) is 5.32 Å². The van der Waals surface area contributed by atoms with Crippen LogP contribution < -0.4 is 10.3 Å². The maximum absolute atomic E-state index is 13.9. The monoisotopic (exact) mass is 459 g/mol. The lowest BCUT2D eigenvalue weighted by Gasteiger charge is -2.37. The summed E-state index contributed by atoms with van der Waals surface area (Å²) in [6.45, 7) is 4.40. The molecular weight excluding hydrogens is 429 g/mol. The van der Waals surface area contributed by atoms with E-state index in [2.05, 4.69) is 12.2 Å². The van der Waals surface area contributed by atoms with E-state index in [1.165, 1.54) is 12.1 Å². The number of halogens is 1. The number of hydrazone groups is 1. The van der Waals surface area contributed by atoms with Crippen molar-refractivity contribution in [3.63, 3.8) is 0 Å². The molecule has 0 saturated heterocycles. The van der Waals surface area contributed by atoms with Gasteiger partial charge in [-0.25, -0.2) is 9.40 Å². The lowest BCUT2D eigenvalue weighted by atomic mass is 9.77. The molecule has 1 aliphatic rings. The van der Waals surface area contributed by atoms with Crippen LogP contribution >= 0.6 is 0 Å². The number of carbonyl (C=O) groups is 1. The molecule has 2 unspecified atom stereocenters. The predicted octanol–water partition coefficient (Wildman–Crippen LogP) is 5.64. The normalized spacial score (nSPS) is 19.7. The van der Waals surface area contributed by atoms with Gasteiger partial charge in [-0.3, -0.25) is 4.79 Å². The van der Waals surface area contributed by atoms with Crippen molar-refractivity contribution in [2.75, 3.05) is 5.01 Å². The topological polar surface area (TPSA) is 64.9 Å². The van der Waals surface area contributed by atoms with Crippen molar-refractivity contribution in [3.8, 4) is 5.75 Å². The van der Waals surface area contributed by atoms with Crippen LogP contribution in [0.5, 0.6) is 5.75 Å². The first-order valence-electron chi connectivity index (χ1n) is 11.7. The molecule has 3 aromatic carbocycles.